The maximum absolute atomic E-state index is 14.3. The number of nitrogens with one attached hydrogen (secondary N) is 2. The van der Waals surface area contributed by atoms with Crippen LogP contribution in [0, 0.1) is 23.7 Å². The van der Waals surface area contributed by atoms with Gasteiger partial charge in [0.15, 0.2) is 0 Å². The number of anilines is 2. The predicted octanol–water partition coefficient (Wildman–Crippen LogP) is 11.2. The highest BCUT2D eigenvalue weighted by molar-refractivity contribution is 6.03. The van der Waals surface area contributed by atoms with E-state index in [4.69, 9.17) is 0 Å². The van der Waals surface area contributed by atoms with Crippen molar-refractivity contribution in [1.29, 1.82) is 0 Å². The van der Waals surface area contributed by atoms with Crippen molar-refractivity contribution < 1.29 is 18.7 Å². The number of aromatic nitrogens is 4. The van der Waals surface area contributed by atoms with Gasteiger partial charge in [0, 0.05) is 11.4 Å². The fraction of sp³-hybridized carbons (Fsp3) is 0.696. The molecule has 54 heavy (non-hydrogen) atoms. The van der Waals surface area contributed by atoms with Gasteiger partial charge in [0.25, 0.3) is 0 Å². The number of rotatable bonds is 28. The first kappa shape index (κ1) is 45.0. The molecule has 4 atom stereocenters. The van der Waals surface area contributed by atoms with Gasteiger partial charge in [-0.3, -0.25) is 9.59 Å². The molecule has 0 aliphatic rings. The molecule has 0 aliphatic carbocycles. The zero-order valence-corrected chi connectivity index (χ0v) is 35.7. The van der Waals surface area contributed by atoms with Gasteiger partial charge >= 0.3 is 23.5 Å². The largest absolute Gasteiger partial charge is 0.348 e. The van der Waals surface area contributed by atoms with E-state index in [0.29, 0.717) is 46.7 Å². The van der Waals surface area contributed by atoms with Crippen LogP contribution in [0.2, 0.25) is 0 Å². The van der Waals surface area contributed by atoms with Gasteiger partial charge in [-0.05, 0) is 93.2 Å². The Kier molecular flexibility index (Phi) is 20.7. The van der Waals surface area contributed by atoms with Crippen LogP contribution < -0.4 is 19.8 Å². The highest BCUT2D eigenvalue weighted by Crippen LogP contribution is 2.22. The average molecular weight is 747 g/mol. The number of nitrogens with zero attached hydrogens (tertiary/aromatic N) is 4. The molecule has 0 fully saturated rings. The van der Waals surface area contributed by atoms with Gasteiger partial charge in [0.05, 0.1) is 26.2 Å². The summed E-state index contributed by atoms with van der Waals surface area (Å²) in [7, 11) is 0. The lowest BCUT2D eigenvalue weighted by molar-refractivity contribution is -0.704. The van der Waals surface area contributed by atoms with E-state index in [1.807, 2.05) is 24.3 Å². The number of hydrogen-bond donors (Lipinski definition) is 2. The second-order valence-electron chi connectivity index (χ2n) is 16.0. The quantitative estimate of drug-likeness (QED) is 0.0726. The molecule has 2 heterocycles. The molecule has 302 valence electrons. The zero-order valence-electron chi connectivity index (χ0n) is 35.7. The topological polar surface area (TPSA) is 75.8 Å². The van der Waals surface area contributed by atoms with Crippen LogP contribution in [-0.2, 0) is 26.2 Å². The molecule has 2 amide bonds. The van der Waals surface area contributed by atoms with Crippen molar-refractivity contribution in [2.24, 2.45) is 23.7 Å². The third-order valence-electron chi connectivity index (χ3n) is 11.7. The number of amides is 2. The molecule has 3 aromatic rings. The maximum Gasteiger partial charge on any atom is 0.348 e. The summed E-state index contributed by atoms with van der Waals surface area (Å²) in [6.45, 7) is 21.4. The Morgan fingerprint density at radius 3 is 1.24 bits per heavy atom. The molecular weight excluding hydrogens is 669 g/mol. The van der Waals surface area contributed by atoms with E-state index in [2.05, 4.69) is 109 Å². The summed E-state index contributed by atoms with van der Waals surface area (Å²) in [5.41, 5.74) is 1.35. The standard InChI is InChI=1S/C46H76N6O2/c1-9-17-22-37(13-5)33-49-28-29-50(34-38(14-6)23-18-10-2)45(49)43(53)47-41-26-21-27-42(32-41)48-44(54)46-51(35-39(15-7)24-19-11-3)30-31-52(46)36-40(16-8)25-20-12-4/h21,26-32,37-40H,9-20,22-25,33-36H2,1-8H3/p+2. The number of carbonyl (C=O) groups is 2. The minimum Gasteiger partial charge on any atom is -0.315 e. The summed E-state index contributed by atoms with van der Waals surface area (Å²) in [6.07, 6.45) is 27.0. The highest BCUT2D eigenvalue weighted by Gasteiger charge is 2.30. The monoisotopic (exact) mass is 747 g/mol. The normalized spacial score (nSPS) is 13.8. The fourth-order valence-corrected chi connectivity index (χ4v) is 7.88. The lowest BCUT2D eigenvalue weighted by Gasteiger charge is -2.16. The Morgan fingerprint density at radius 2 is 0.907 bits per heavy atom. The van der Waals surface area contributed by atoms with Gasteiger partial charge in [-0.2, -0.15) is 0 Å². The SMILES string of the molecule is CCCCC(CC)Cn1cc[n+](CC(CC)CCCC)c1C(=O)Nc1cccc(NC(=O)c2n(CC(CC)CCCC)cc[n+]2CC(CC)CCCC)c1. The Hall–Kier alpha value is -3.42. The summed E-state index contributed by atoms with van der Waals surface area (Å²) >= 11 is 0. The van der Waals surface area contributed by atoms with Crippen molar-refractivity contribution >= 4 is 23.2 Å². The molecule has 0 spiro atoms. The van der Waals surface area contributed by atoms with Crippen LogP contribution in [0.4, 0.5) is 11.4 Å². The average Bonchev–Trinajstić information content (AvgIpc) is 3.77. The van der Waals surface area contributed by atoms with Crippen molar-refractivity contribution in [3.8, 4) is 0 Å². The first-order valence-corrected chi connectivity index (χ1v) is 22.1. The van der Waals surface area contributed by atoms with Gasteiger partial charge in [0.1, 0.15) is 24.8 Å². The molecule has 0 saturated heterocycles. The summed E-state index contributed by atoms with van der Waals surface area (Å²) in [5.74, 6) is 3.29. The Balaban J connectivity index is 1.90. The predicted molar refractivity (Wildman–Crippen MR) is 225 cm³/mol. The molecular formula is C46H78N6O2+2. The van der Waals surface area contributed by atoms with E-state index >= 15 is 0 Å². The van der Waals surface area contributed by atoms with Crippen molar-refractivity contribution in [2.75, 3.05) is 10.6 Å². The van der Waals surface area contributed by atoms with Crippen LogP contribution in [0.15, 0.2) is 49.1 Å². The summed E-state index contributed by atoms with van der Waals surface area (Å²) in [6, 6.07) is 7.64. The highest BCUT2D eigenvalue weighted by atomic mass is 16.2. The van der Waals surface area contributed by atoms with Crippen molar-refractivity contribution in [2.45, 2.75) is 184 Å². The molecule has 4 unspecified atom stereocenters. The summed E-state index contributed by atoms with van der Waals surface area (Å²) < 4.78 is 8.72. The Bertz CT molecular complexity index is 1330. The van der Waals surface area contributed by atoms with Gasteiger partial charge in [-0.25, -0.2) is 18.3 Å². The first-order valence-electron chi connectivity index (χ1n) is 22.1. The number of hydrogen-bond acceptors (Lipinski definition) is 2. The van der Waals surface area contributed by atoms with E-state index in [1.165, 1.54) is 77.0 Å². The van der Waals surface area contributed by atoms with E-state index in [1.54, 1.807) is 0 Å². The smallest absolute Gasteiger partial charge is 0.315 e. The molecule has 8 nitrogen and oxygen atoms in total. The van der Waals surface area contributed by atoms with Gasteiger partial charge in [-0.1, -0.05) is 113 Å². The van der Waals surface area contributed by atoms with Crippen molar-refractivity contribution in [3.63, 3.8) is 0 Å². The van der Waals surface area contributed by atoms with Crippen molar-refractivity contribution in [1.82, 2.24) is 9.13 Å². The number of imidazole rings is 2. The summed E-state index contributed by atoms with van der Waals surface area (Å²) in [4.78, 5) is 28.5. The molecule has 3 rings (SSSR count). The zero-order chi connectivity index (χ0) is 39.3. The molecule has 0 saturated carbocycles. The first-order chi connectivity index (χ1) is 26.2. The van der Waals surface area contributed by atoms with E-state index in [-0.39, 0.29) is 11.8 Å². The minimum absolute atomic E-state index is 0.110. The van der Waals surface area contributed by atoms with E-state index in [9.17, 15) is 9.59 Å². The molecule has 2 N–H and O–H groups in total. The van der Waals surface area contributed by atoms with Crippen LogP contribution in [0.1, 0.15) is 179 Å². The molecule has 0 radical (unpaired) electrons. The van der Waals surface area contributed by atoms with Crippen LogP contribution in [0.5, 0.6) is 0 Å². The summed E-state index contributed by atoms with van der Waals surface area (Å²) in [5, 5.41) is 6.46. The molecule has 0 bridgehead atoms. The van der Waals surface area contributed by atoms with Crippen LogP contribution in [0.3, 0.4) is 0 Å². The van der Waals surface area contributed by atoms with Crippen LogP contribution in [-0.4, -0.2) is 20.9 Å². The van der Waals surface area contributed by atoms with Crippen LogP contribution in [0.25, 0.3) is 0 Å². The van der Waals surface area contributed by atoms with Crippen molar-refractivity contribution in [3.05, 3.63) is 60.7 Å². The van der Waals surface area contributed by atoms with Gasteiger partial charge in [0.2, 0.25) is 0 Å². The molecule has 8 heteroatoms. The third kappa shape index (κ3) is 14.0. The number of carbonyl (C=O) groups excluding carboxylic acids is 2. The fourth-order valence-electron chi connectivity index (χ4n) is 7.88. The lowest BCUT2D eigenvalue weighted by atomic mass is 9.99. The third-order valence-corrected chi connectivity index (χ3v) is 11.7. The Labute approximate surface area is 329 Å². The maximum atomic E-state index is 14.3. The lowest BCUT2D eigenvalue weighted by Crippen LogP contribution is -2.44. The molecule has 2 aromatic heterocycles. The Morgan fingerprint density at radius 1 is 0.556 bits per heavy atom. The minimum atomic E-state index is -0.110. The van der Waals surface area contributed by atoms with Gasteiger partial charge in [-0.15, -0.1) is 0 Å². The van der Waals surface area contributed by atoms with E-state index < -0.39 is 0 Å². The van der Waals surface area contributed by atoms with Crippen LogP contribution >= 0.6 is 0 Å². The number of unbranched alkanes of at least 4 members (excludes halogenated alkanes) is 4. The second kappa shape index (κ2) is 24.9. The molecule has 1 aromatic carbocycles. The van der Waals surface area contributed by atoms with E-state index in [0.717, 1.165) is 51.9 Å². The molecule has 0 aliphatic heterocycles. The second-order valence-corrected chi connectivity index (χ2v) is 16.0. The van der Waals surface area contributed by atoms with Gasteiger partial charge < -0.3 is 10.6 Å². The number of benzene rings is 1.